The molecule has 0 radical (unpaired) electrons. The Hall–Kier alpha value is -1.53. The fourth-order valence-corrected chi connectivity index (χ4v) is 3.03. The molecule has 0 fully saturated rings. The second-order valence-electron chi connectivity index (χ2n) is 5.48. The standard InChI is InChI=1S/C16H21ClN4OS/c1-4-9-21-15(12-5-7-13(17)8-6-12)19-20-16(21)23-10-14(22)18-11(2)3/h5-8,11H,4,9-10H2,1-3H3,(H,18,22). The van der Waals surface area contributed by atoms with E-state index >= 15 is 0 Å². The number of nitrogens with one attached hydrogen (secondary N) is 1. The Balaban J connectivity index is 2.17. The first kappa shape index (κ1) is 17.8. The number of rotatable bonds is 7. The Morgan fingerprint density at radius 2 is 2.00 bits per heavy atom. The van der Waals surface area contributed by atoms with E-state index in [0.29, 0.717) is 10.8 Å². The maximum atomic E-state index is 11.8. The predicted octanol–water partition coefficient (Wildman–Crippen LogP) is 3.63. The van der Waals surface area contributed by atoms with Gasteiger partial charge >= 0.3 is 0 Å². The average molecular weight is 353 g/mol. The van der Waals surface area contributed by atoms with Crippen LogP contribution < -0.4 is 5.32 Å². The molecule has 7 heteroatoms. The summed E-state index contributed by atoms with van der Waals surface area (Å²) in [7, 11) is 0. The molecular weight excluding hydrogens is 332 g/mol. The van der Waals surface area contributed by atoms with Crippen molar-refractivity contribution in [3.8, 4) is 11.4 Å². The second-order valence-corrected chi connectivity index (χ2v) is 6.85. The third-order valence-corrected chi connectivity index (χ3v) is 4.27. The lowest BCUT2D eigenvalue weighted by atomic mass is 10.2. The molecule has 2 aromatic rings. The molecular formula is C16H21ClN4OS. The van der Waals surface area contributed by atoms with Gasteiger partial charge in [-0.15, -0.1) is 10.2 Å². The van der Waals surface area contributed by atoms with Crippen molar-refractivity contribution < 1.29 is 4.79 Å². The molecule has 124 valence electrons. The molecule has 0 saturated heterocycles. The molecule has 5 nitrogen and oxygen atoms in total. The normalized spacial score (nSPS) is 11.0. The van der Waals surface area contributed by atoms with Crippen LogP contribution in [-0.4, -0.2) is 32.5 Å². The minimum atomic E-state index is 0.00379. The van der Waals surface area contributed by atoms with E-state index < -0.39 is 0 Å². The van der Waals surface area contributed by atoms with Crippen molar-refractivity contribution in [2.45, 2.75) is 44.9 Å². The third kappa shape index (κ3) is 4.97. The van der Waals surface area contributed by atoms with Gasteiger partial charge in [-0.2, -0.15) is 0 Å². The van der Waals surface area contributed by atoms with Crippen molar-refractivity contribution in [1.29, 1.82) is 0 Å². The maximum Gasteiger partial charge on any atom is 0.230 e. The SMILES string of the molecule is CCCn1c(SCC(=O)NC(C)C)nnc1-c1ccc(Cl)cc1. The van der Waals surface area contributed by atoms with Gasteiger partial charge in [0.25, 0.3) is 0 Å². The predicted molar refractivity (Wildman–Crippen MR) is 94.8 cm³/mol. The number of halogens is 1. The Morgan fingerprint density at radius 1 is 1.30 bits per heavy atom. The van der Waals surface area contributed by atoms with Crippen LogP contribution in [0.2, 0.25) is 5.02 Å². The summed E-state index contributed by atoms with van der Waals surface area (Å²) in [5, 5.41) is 12.9. The zero-order chi connectivity index (χ0) is 16.8. The third-order valence-electron chi connectivity index (χ3n) is 3.05. The summed E-state index contributed by atoms with van der Waals surface area (Å²) in [6, 6.07) is 7.67. The molecule has 1 aromatic carbocycles. The average Bonchev–Trinajstić information content (AvgIpc) is 2.89. The molecule has 23 heavy (non-hydrogen) atoms. The van der Waals surface area contributed by atoms with E-state index in [1.54, 1.807) is 0 Å². The molecule has 0 bridgehead atoms. The Bertz CT molecular complexity index is 655. The van der Waals surface area contributed by atoms with E-state index in [4.69, 9.17) is 11.6 Å². The first-order valence-electron chi connectivity index (χ1n) is 7.62. The van der Waals surface area contributed by atoms with Crippen molar-refractivity contribution in [2.75, 3.05) is 5.75 Å². The van der Waals surface area contributed by atoms with Crippen LogP contribution in [-0.2, 0) is 11.3 Å². The van der Waals surface area contributed by atoms with Gasteiger partial charge < -0.3 is 9.88 Å². The summed E-state index contributed by atoms with van der Waals surface area (Å²) in [4.78, 5) is 11.8. The largest absolute Gasteiger partial charge is 0.353 e. The van der Waals surface area contributed by atoms with Crippen molar-refractivity contribution in [2.24, 2.45) is 0 Å². The summed E-state index contributed by atoms with van der Waals surface area (Å²) in [6.45, 7) is 6.80. The number of benzene rings is 1. The summed E-state index contributed by atoms with van der Waals surface area (Å²) in [5.41, 5.74) is 0.967. The summed E-state index contributed by atoms with van der Waals surface area (Å²) in [6.07, 6.45) is 0.963. The second kappa shape index (κ2) is 8.36. The molecule has 0 saturated carbocycles. The van der Waals surface area contributed by atoms with Crippen LogP contribution in [0.3, 0.4) is 0 Å². The Morgan fingerprint density at radius 3 is 2.61 bits per heavy atom. The molecule has 1 N–H and O–H groups in total. The Kier molecular flexibility index (Phi) is 6.47. The zero-order valence-corrected chi connectivity index (χ0v) is 15.1. The van der Waals surface area contributed by atoms with E-state index in [0.717, 1.165) is 29.5 Å². The number of carbonyl (C=O) groups excluding carboxylic acids is 1. The number of carbonyl (C=O) groups is 1. The van der Waals surface area contributed by atoms with Crippen molar-refractivity contribution in [3.05, 3.63) is 29.3 Å². The highest BCUT2D eigenvalue weighted by Crippen LogP contribution is 2.25. The molecule has 1 amide bonds. The number of hydrogen-bond donors (Lipinski definition) is 1. The number of aromatic nitrogens is 3. The molecule has 0 unspecified atom stereocenters. The lowest BCUT2D eigenvalue weighted by Crippen LogP contribution is -2.31. The van der Waals surface area contributed by atoms with Crippen LogP contribution in [0.15, 0.2) is 29.4 Å². The molecule has 0 aliphatic heterocycles. The molecule has 1 aromatic heterocycles. The van der Waals surface area contributed by atoms with Crippen molar-refractivity contribution in [1.82, 2.24) is 20.1 Å². The zero-order valence-electron chi connectivity index (χ0n) is 13.5. The number of hydrogen-bond acceptors (Lipinski definition) is 4. The lowest BCUT2D eigenvalue weighted by molar-refractivity contribution is -0.119. The fourth-order valence-electron chi connectivity index (χ4n) is 2.13. The van der Waals surface area contributed by atoms with Crippen LogP contribution in [0.4, 0.5) is 0 Å². The molecule has 1 heterocycles. The van der Waals surface area contributed by atoms with Gasteiger partial charge in [-0.25, -0.2) is 0 Å². The minimum Gasteiger partial charge on any atom is -0.353 e. The minimum absolute atomic E-state index is 0.00379. The van der Waals surface area contributed by atoms with Crippen LogP contribution in [0.1, 0.15) is 27.2 Å². The van der Waals surface area contributed by atoms with Crippen LogP contribution in [0.5, 0.6) is 0 Å². The molecule has 2 rings (SSSR count). The summed E-state index contributed by atoms with van der Waals surface area (Å²) < 4.78 is 2.05. The topological polar surface area (TPSA) is 59.8 Å². The van der Waals surface area contributed by atoms with Gasteiger partial charge in [-0.05, 0) is 44.5 Å². The molecule has 0 spiro atoms. The van der Waals surface area contributed by atoms with Crippen LogP contribution >= 0.6 is 23.4 Å². The van der Waals surface area contributed by atoms with E-state index in [1.807, 2.05) is 38.1 Å². The van der Waals surface area contributed by atoms with Crippen molar-refractivity contribution >= 4 is 29.3 Å². The van der Waals surface area contributed by atoms with Gasteiger partial charge in [0.15, 0.2) is 11.0 Å². The van der Waals surface area contributed by atoms with E-state index in [2.05, 4.69) is 27.0 Å². The highest BCUT2D eigenvalue weighted by molar-refractivity contribution is 7.99. The summed E-state index contributed by atoms with van der Waals surface area (Å²) >= 11 is 7.35. The van der Waals surface area contributed by atoms with Gasteiger partial charge in [0.1, 0.15) is 0 Å². The fraction of sp³-hybridized carbons (Fsp3) is 0.438. The Labute approximate surface area is 145 Å². The maximum absolute atomic E-state index is 11.8. The quantitative estimate of drug-likeness (QED) is 0.773. The highest BCUT2D eigenvalue weighted by atomic mass is 35.5. The number of thioether (sulfide) groups is 1. The summed E-state index contributed by atoms with van der Waals surface area (Å²) in [5.74, 6) is 1.14. The number of nitrogens with zero attached hydrogens (tertiary/aromatic N) is 3. The van der Waals surface area contributed by atoms with Gasteiger partial charge in [-0.1, -0.05) is 30.3 Å². The van der Waals surface area contributed by atoms with Gasteiger partial charge in [0.05, 0.1) is 5.75 Å². The number of amides is 1. The van der Waals surface area contributed by atoms with Gasteiger partial charge in [-0.3, -0.25) is 4.79 Å². The van der Waals surface area contributed by atoms with E-state index in [-0.39, 0.29) is 11.9 Å². The lowest BCUT2D eigenvalue weighted by Gasteiger charge is -2.10. The molecule has 0 aliphatic rings. The van der Waals surface area contributed by atoms with Gasteiger partial charge in [0.2, 0.25) is 5.91 Å². The smallest absolute Gasteiger partial charge is 0.230 e. The van der Waals surface area contributed by atoms with E-state index in [1.165, 1.54) is 11.8 Å². The highest BCUT2D eigenvalue weighted by Gasteiger charge is 2.15. The monoisotopic (exact) mass is 352 g/mol. The molecule has 0 aliphatic carbocycles. The van der Waals surface area contributed by atoms with Gasteiger partial charge in [0, 0.05) is 23.2 Å². The first-order chi connectivity index (χ1) is 11.0. The molecule has 0 atom stereocenters. The van der Waals surface area contributed by atoms with E-state index in [9.17, 15) is 4.79 Å². The van der Waals surface area contributed by atoms with Crippen LogP contribution in [0.25, 0.3) is 11.4 Å². The van der Waals surface area contributed by atoms with Crippen LogP contribution in [0, 0.1) is 0 Å². The first-order valence-corrected chi connectivity index (χ1v) is 8.99. The van der Waals surface area contributed by atoms with Crippen molar-refractivity contribution in [3.63, 3.8) is 0 Å².